The molecule has 0 radical (unpaired) electrons. The Hall–Kier alpha value is -1.45. The van der Waals surface area contributed by atoms with Crippen LogP contribution >= 0.6 is 0 Å². The van der Waals surface area contributed by atoms with Crippen LogP contribution in [0.5, 0.6) is 0 Å². The molecule has 23 heavy (non-hydrogen) atoms. The van der Waals surface area contributed by atoms with Crippen LogP contribution in [0.2, 0.25) is 0 Å². The maximum absolute atomic E-state index is 12.6. The van der Waals surface area contributed by atoms with Gasteiger partial charge in [0.2, 0.25) is 10.0 Å². The van der Waals surface area contributed by atoms with Crippen molar-refractivity contribution in [1.29, 1.82) is 0 Å². The minimum Gasteiger partial charge on any atom is -0.368 e. The molecule has 128 valence electrons. The maximum atomic E-state index is 12.6. The molecule has 0 bridgehead atoms. The first-order valence-corrected chi connectivity index (χ1v) is 9.71. The van der Waals surface area contributed by atoms with Gasteiger partial charge in [-0.05, 0) is 19.3 Å². The molecule has 1 fully saturated rings. The Balaban J connectivity index is 1.75. The van der Waals surface area contributed by atoms with Crippen molar-refractivity contribution in [1.82, 2.24) is 19.2 Å². The van der Waals surface area contributed by atoms with E-state index in [0.29, 0.717) is 25.4 Å². The largest absolute Gasteiger partial charge is 0.368 e. The number of carbonyl (C=O) groups excluding carboxylic acids is 1. The topological polar surface area (TPSA) is 93.5 Å². The highest BCUT2D eigenvalue weighted by atomic mass is 32.2. The van der Waals surface area contributed by atoms with Crippen LogP contribution in [0.25, 0.3) is 0 Å². The van der Waals surface area contributed by atoms with E-state index in [1.807, 2.05) is 4.57 Å². The summed E-state index contributed by atoms with van der Waals surface area (Å²) in [6.07, 6.45) is 5.05. The molecule has 1 amide bonds. The summed E-state index contributed by atoms with van der Waals surface area (Å²) in [5.74, 6) is 0.0270. The first kappa shape index (κ1) is 16.4. The highest BCUT2D eigenvalue weighted by molar-refractivity contribution is 7.88. The molecule has 3 rings (SSSR count). The van der Waals surface area contributed by atoms with Crippen molar-refractivity contribution in [3.05, 3.63) is 17.7 Å². The average molecular weight is 342 g/mol. The molecule has 8 nitrogen and oxygen atoms in total. The van der Waals surface area contributed by atoms with Crippen LogP contribution in [0.15, 0.2) is 6.33 Å². The quantitative estimate of drug-likeness (QED) is 0.821. The summed E-state index contributed by atoms with van der Waals surface area (Å²) in [6, 6.07) is 0. The molecule has 9 heteroatoms. The summed E-state index contributed by atoms with van der Waals surface area (Å²) < 4.78 is 32.5. The first-order valence-electron chi connectivity index (χ1n) is 7.82. The van der Waals surface area contributed by atoms with E-state index in [-0.39, 0.29) is 18.6 Å². The summed E-state index contributed by atoms with van der Waals surface area (Å²) in [5, 5.41) is 0. The van der Waals surface area contributed by atoms with Gasteiger partial charge in [-0.2, -0.15) is 0 Å². The Morgan fingerprint density at radius 2 is 2.26 bits per heavy atom. The van der Waals surface area contributed by atoms with E-state index in [1.54, 1.807) is 11.2 Å². The molecule has 2 aliphatic heterocycles. The van der Waals surface area contributed by atoms with E-state index in [1.165, 1.54) is 0 Å². The van der Waals surface area contributed by atoms with E-state index in [2.05, 4.69) is 9.71 Å². The summed E-state index contributed by atoms with van der Waals surface area (Å²) in [6.45, 7) is 2.68. The molecule has 1 atom stereocenters. The number of fused-ring (bicyclic) bond motifs is 1. The first-order chi connectivity index (χ1) is 10.9. The molecule has 0 saturated carbocycles. The number of nitrogens with one attached hydrogen (secondary N) is 1. The number of nitrogens with zero attached hydrogens (tertiary/aromatic N) is 3. The minimum atomic E-state index is -3.28. The molecular weight excluding hydrogens is 320 g/mol. The number of aryl methyl sites for hydroxylation is 1. The monoisotopic (exact) mass is 342 g/mol. The van der Waals surface area contributed by atoms with E-state index < -0.39 is 10.0 Å². The molecule has 1 aromatic rings. The second-order valence-electron chi connectivity index (χ2n) is 6.04. The van der Waals surface area contributed by atoms with Gasteiger partial charge in [-0.3, -0.25) is 4.79 Å². The standard InChI is InChI=1S/C14H22N4O4S/c1-23(20,21)16-8-11-12-9-17(5-3-6-18(12)10-15-11)14(19)13-4-2-7-22-13/h10,13,16H,2-9H2,1H3/t13-/m1/s1. The van der Waals surface area contributed by atoms with Gasteiger partial charge >= 0.3 is 0 Å². The number of rotatable bonds is 4. The van der Waals surface area contributed by atoms with Crippen molar-refractivity contribution in [3.8, 4) is 0 Å². The Morgan fingerprint density at radius 1 is 1.43 bits per heavy atom. The SMILES string of the molecule is CS(=O)(=O)NCc1ncn2c1CN(C(=O)[C@H]1CCCO1)CCC2. The average Bonchev–Trinajstić information content (AvgIpc) is 3.09. The number of carbonyl (C=O) groups is 1. The fourth-order valence-electron chi connectivity index (χ4n) is 3.03. The summed E-state index contributed by atoms with van der Waals surface area (Å²) in [7, 11) is -3.28. The lowest BCUT2D eigenvalue weighted by atomic mass is 10.2. The third-order valence-corrected chi connectivity index (χ3v) is 4.89. The fourth-order valence-corrected chi connectivity index (χ4v) is 3.43. The minimum absolute atomic E-state index is 0.0270. The number of imidazole rings is 1. The molecular formula is C14H22N4O4S. The van der Waals surface area contributed by atoms with Gasteiger partial charge in [0.25, 0.3) is 5.91 Å². The molecule has 0 aromatic carbocycles. The summed E-state index contributed by atoms with van der Waals surface area (Å²) in [5.41, 5.74) is 1.56. The van der Waals surface area contributed by atoms with Crippen molar-refractivity contribution in [2.75, 3.05) is 19.4 Å². The van der Waals surface area contributed by atoms with Crippen molar-refractivity contribution in [3.63, 3.8) is 0 Å². The summed E-state index contributed by atoms with van der Waals surface area (Å²) >= 11 is 0. The van der Waals surface area contributed by atoms with Crippen molar-refractivity contribution < 1.29 is 17.9 Å². The van der Waals surface area contributed by atoms with Gasteiger partial charge in [-0.25, -0.2) is 18.1 Å². The van der Waals surface area contributed by atoms with Crippen LogP contribution in [-0.2, 0) is 39.2 Å². The maximum Gasteiger partial charge on any atom is 0.252 e. The number of amides is 1. The van der Waals surface area contributed by atoms with Crippen molar-refractivity contribution in [2.45, 2.75) is 45.0 Å². The lowest BCUT2D eigenvalue weighted by molar-refractivity contribution is -0.141. The van der Waals surface area contributed by atoms with Gasteiger partial charge in [0.15, 0.2) is 0 Å². The highest BCUT2D eigenvalue weighted by Crippen LogP contribution is 2.20. The van der Waals surface area contributed by atoms with Gasteiger partial charge in [0.05, 0.1) is 37.1 Å². The van der Waals surface area contributed by atoms with Crippen LogP contribution in [0.4, 0.5) is 0 Å². The molecule has 1 aromatic heterocycles. The van der Waals surface area contributed by atoms with Gasteiger partial charge in [-0.15, -0.1) is 0 Å². The number of sulfonamides is 1. The van der Waals surface area contributed by atoms with Crippen LogP contribution in [0, 0.1) is 0 Å². The fraction of sp³-hybridized carbons (Fsp3) is 0.714. The van der Waals surface area contributed by atoms with Crippen molar-refractivity contribution in [2.24, 2.45) is 0 Å². The normalized spacial score (nSPS) is 22.0. The van der Waals surface area contributed by atoms with Crippen LogP contribution < -0.4 is 4.72 Å². The molecule has 0 spiro atoms. The zero-order valence-electron chi connectivity index (χ0n) is 13.2. The molecule has 1 N–H and O–H groups in total. The number of ether oxygens (including phenoxy) is 1. The number of aromatic nitrogens is 2. The number of hydrogen-bond acceptors (Lipinski definition) is 5. The van der Waals surface area contributed by atoms with Gasteiger partial charge in [0, 0.05) is 19.7 Å². The van der Waals surface area contributed by atoms with Crippen LogP contribution in [-0.4, -0.2) is 54.3 Å². The lowest BCUT2D eigenvalue weighted by Gasteiger charge is -2.23. The van der Waals surface area contributed by atoms with Gasteiger partial charge in [0.1, 0.15) is 6.10 Å². The predicted molar refractivity (Wildman–Crippen MR) is 82.9 cm³/mol. The molecule has 0 aliphatic carbocycles. The second-order valence-corrected chi connectivity index (χ2v) is 7.87. The van der Waals surface area contributed by atoms with Gasteiger partial charge < -0.3 is 14.2 Å². The third kappa shape index (κ3) is 3.91. The predicted octanol–water partition coefficient (Wildman–Crippen LogP) is -0.156. The Kier molecular flexibility index (Phi) is 4.69. The zero-order chi connectivity index (χ0) is 16.4. The second kappa shape index (κ2) is 6.58. The van der Waals surface area contributed by atoms with Crippen LogP contribution in [0.3, 0.4) is 0 Å². The molecule has 3 heterocycles. The Labute approximate surface area is 135 Å². The molecule has 1 saturated heterocycles. The lowest BCUT2D eigenvalue weighted by Crippen LogP contribution is -2.38. The van der Waals surface area contributed by atoms with Crippen molar-refractivity contribution >= 4 is 15.9 Å². The smallest absolute Gasteiger partial charge is 0.252 e. The summed E-state index contributed by atoms with van der Waals surface area (Å²) in [4.78, 5) is 18.7. The van der Waals surface area contributed by atoms with Crippen LogP contribution in [0.1, 0.15) is 30.7 Å². The third-order valence-electron chi connectivity index (χ3n) is 4.22. The number of hydrogen-bond donors (Lipinski definition) is 1. The van der Waals surface area contributed by atoms with Gasteiger partial charge in [-0.1, -0.05) is 0 Å². The highest BCUT2D eigenvalue weighted by Gasteiger charge is 2.30. The zero-order valence-corrected chi connectivity index (χ0v) is 14.0. The Bertz CT molecular complexity index is 679. The Morgan fingerprint density at radius 3 is 2.96 bits per heavy atom. The van der Waals surface area contributed by atoms with E-state index in [9.17, 15) is 13.2 Å². The molecule has 0 unspecified atom stereocenters. The van der Waals surface area contributed by atoms with E-state index >= 15 is 0 Å². The van der Waals surface area contributed by atoms with E-state index in [4.69, 9.17) is 4.74 Å². The molecule has 2 aliphatic rings. The van der Waals surface area contributed by atoms with E-state index in [0.717, 1.165) is 37.8 Å².